The van der Waals surface area contributed by atoms with Crippen molar-refractivity contribution in [3.05, 3.63) is 33.9 Å². The van der Waals surface area contributed by atoms with Crippen LogP contribution in [0.4, 0.5) is 11.4 Å². The summed E-state index contributed by atoms with van der Waals surface area (Å²) in [6.07, 6.45) is 1.55. The van der Waals surface area contributed by atoms with Gasteiger partial charge in [0.15, 0.2) is 0 Å². The minimum atomic E-state index is -0.407. The second kappa shape index (κ2) is 7.18. The number of benzene rings is 1. The van der Waals surface area contributed by atoms with E-state index in [-0.39, 0.29) is 17.5 Å². The molecule has 2 aliphatic rings. The zero-order valence-electron chi connectivity index (χ0n) is 14.3. The first-order chi connectivity index (χ1) is 12.0. The number of hydrogen-bond acceptors (Lipinski definition) is 5. The van der Waals surface area contributed by atoms with Crippen LogP contribution in [0.1, 0.15) is 18.9 Å². The highest BCUT2D eigenvalue weighted by atomic mass is 16.6. The highest BCUT2D eigenvalue weighted by molar-refractivity contribution is 5.96. The standard InChI is InChI=1S/C17H22N4O4/c1-13(22)19-9-7-18(8-10-19)12-17(23)20-6-2-3-14-11-15(21(24)25)4-5-16(14)20/h4-5,11H,2-3,6-10,12H2,1H3. The smallest absolute Gasteiger partial charge is 0.269 e. The second-order valence-electron chi connectivity index (χ2n) is 6.50. The van der Waals surface area contributed by atoms with E-state index < -0.39 is 4.92 Å². The fourth-order valence-electron chi connectivity index (χ4n) is 3.45. The molecule has 134 valence electrons. The molecule has 2 heterocycles. The Labute approximate surface area is 146 Å². The molecule has 1 saturated heterocycles. The molecule has 1 aromatic rings. The van der Waals surface area contributed by atoms with Gasteiger partial charge in [-0.2, -0.15) is 0 Å². The molecular formula is C17H22N4O4. The topological polar surface area (TPSA) is 87.0 Å². The van der Waals surface area contributed by atoms with Crippen molar-refractivity contribution in [2.75, 3.05) is 44.2 Å². The highest BCUT2D eigenvalue weighted by Crippen LogP contribution is 2.30. The fraction of sp³-hybridized carbons (Fsp3) is 0.529. The SMILES string of the molecule is CC(=O)N1CCN(CC(=O)N2CCCc3cc([N+](=O)[O-])ccc32)CC1. The van der Waals surface area contributed by atoms with Gasteiger partial charge in [-0.25, -0.2) is 0 Å². The van der Waals surface area contributed by atoms with Crippen molar-refractivity contribution in [2.24, 2.45) is 0 Å². The summed E-state index contributed by atoms with van der Waals surface area (Å²) >= 11 is 0. The molecule has 0 N–H and O–H groups in total. The number of fused-ring (bicyclic) bond motifs is 1. The largest absolute Gasteiger partial charge is 0.340 e. The maximum atomic E-state index is 12.7. The average molecular weight is 346 g/mol. The van der Waals surface area contributed by atoms with Gasteiger partial charge in [-0.05, 0) is 24.5 Å². The van der Waals surface area contributed by atoms with E-state index in [4.69, 9.17) is 0 Å². The van der Waals surface area contributed by atoms with Crippen LogP contribution < -0.4 is 4.90 Å². The number of aryl methyl sites for hydroxylation is 1. The van der Waals surface area contributed by atoms with Gasteiger partial charge in [0.25, 0.3) is 5.69 Å². The summed E-state index contributed by atoms with van der Waals surface area (Å²) in [6, 6.07) is 4.70. The number of carbonyl (C=O) groups is 2. The third-order valence-electron chi connectivity index (χ3n) is 4.87. The molecule has 0 saturated carbocycles. The monoisotopic (exact) mass is 346 g/mol. The molecule has 3 rings (SSSR count). The van der Waals surface area contributed by atoms with E-state index in [0.29, 0.717) is 39.3 Å². The molecule has 2 aliphatic heterocycles. The highest BCUT2D eigenvalue weighted by Gasteiger charge is 2.27. The molecule has 8 nitrogen and oxygen atoms in total. The van der Waals surface area contributed by atoms with Crippen molar-refractivity contribution in [3.63, 3.8) is 0 Å². The Bertz CT molecular complexity index is 698. The van der Waals surface area contributed by atoms with Crippen LogP contribution in [0.15, 0.2) is 18.2 Å². The molecule has 8 heteroatoms. The van der Waals surface area contributed by atoms with E-state index in [9.17, 15) is 19.7 Å². The van der Waals surface area contributed by atoms with Gasteiger partial charge in [0.1, 0.15) is 0 Å². The molecule has 25 heavy (non-hydrogen) atoms. The van der Waals surface area contributed by atoms with Gasteiger partial charge in [-0.1, -0.05) is 0 Å². The van der Waals surface area contributed by atoms with Crippen LogP contribution in [0.5, 0.6) is 0 Å². The number of carbonyl (C=O) groups excluding carboxylic acids is 2. The zero-order chi connectivity index (χ0) is 18.0. The van der Waals surface area contributed by atoms with Gasteiger partial charge < -0.3 is 9.80 Å². The number of hydrogen-bond donors (Lipinski definition) is 0. The average Bonchev–Trinajstić information content (AvgIpc) is 2.61. The first-order valence-electron chi connectivity index (χ1n) is 8.51. The van der Waals surface area contributed by atoms with Crippen molar-refractivity contribution >= 4 is 23.2 Å². The summed E-state index contributed by atoms with van der Waals surface area (Å²) in [6.45, 7) is 5.17. The molecule has 2 amide bonds. The maximum absolute atomic E-state index is 12.7. The van der Waals surface area contributed by atoms with Crippen LogP contribution >= 0.6 is 0 Å². The lowest BCUT2D eigenvalue weighted by molar-refractivity contribution is -0.384. The third kappa shape index (κ3) is 3.79. The lowest BCUT2D eigenvalue weighted by Crippen LogP contribution is -2.51. The molecule has 1 fully saturated rings. The Morgan fingerprint density at radius 2 is 1.88 bits per heavy atom. The molecule has 0 radical (unpaired) electrons. The number of anilines is 1. The quantitative estimate of drug-likeness (QED) is 0.603. The number of non-ortho nitro benzene ring substituents is 1. The molecule has 0 aliphatic carbocycles. The Morgan fingerprint density at radius 3 is 2.52 bits per heavy atom. The minimum Gasteiger partial charge on any atom is -0.340 e. The normalized spacial score (nSPS) is 18.0. The van der Waals surface area contributed by atoms with Crippen molar-refractivity contribution in [1.29, 1.82) is 0 Å². The van der Waals surface area contributed by atoms with Crippen LogP contribution in [0, 0.1) is 10.1 Å². The maximum Gasteiger partial charge on any atom is 0.269 e. The van der Waals surface area contributed by atoms with E-state index in [2.05, 4.69) is 4.90 Å². The van der Waals surface area contributed by atoms with Crippen molar-refractivity contribution in [1.82, 2.24) is 9.80 Å². The van der Waals surface area contributed by atoms with Gasteiger partial charge in [0, 0.05) is 57.5 Å². The Morgan fingerprint density at radius 1 is 1.16 bits per heavy atom. The van der Waals surface area contributed by atoms with E-state index in [1.165, 1.54) is 6.07 Å². The Balaban J connectivity index is 1.66. The van der Waals surface area contributed by atoms with Gasteiger partial charge in [-0.3, -0.25) is 24.6 Å². The van der Waals surface area contributed by atoms with Gasteiger partial charge in [0.05, 0.1) is 11.5 Å². The minimum absolute atomic E-state index is 0.00563. The summed E-state index contributed by atoms with van der Waals surface area (Å²) in [5.41, 5.74) is 1.70. The van der Waals surface area contributed by atoms with E-state index in [0.717, 1.165) is 24.1 Å². The molecule has 0 atom stereocenters. The molecular weight excluding hydrogens is 324 g/mol. The lowest BCUT2D eigenvalue weighted by Gasteiger charge is -2.36. The lowest BCUT2D eigenvalue weighted by atomic mass is 10.0. The van der Waals surface area contributed by atoms with E-state index in [1.54, 1.807) is 28.9 Å². The zero-order valence-corrected chi connectivity index (χ0v) is 14.3. The van der Waals surface area contributed by atoms with Gasteiger partial charge in [0.2, 0.25) is 11.8 Å². The number of nitro groups is 1. The fourth-order valence-corrected chi connectivity index (χ4v) is 3.45. The first-order valence-corrected chi connectivity index (χ1v) is 8.51. The van der Waals surface area contributed by atoms with E-state index >= 15 is 0 Å². The summed E-state index contributed by atoms with van der Waals surface area (Å²) in [4.78, 5) is 40.2. The van der Waals surface area contributed by atoms with Gasteiger partial charge in [-0.15, -0.1) is 0 Å². The molecule has 0 bridgehead atoms. The van der Waals surface area contributed by atoms with Crippen LogP contribution in [-0.2, 0) is 16.0 Å². The second-order valence-corrected chi connectivity index (χ2v) is 6.50. The number of nitrogens with zero attached hydrogens (tertiary/aromatic N) is 4. The number of nitro benzene ring substituents is 1. The first kappa shape index (κ1) is 17.3. The van der Waals surface area contributed by atoms with Crippen LogP contribution in [-0.4, -0.2) is 65.8 Å². The van der Waals surface area contributed by atoms with Crippen molar-refractivity contribution < 1.29 is 14.5 Å². The van der Waals surface area contributed by atoms with Crippen molar-refractivity contribution in [2.45, 2.75) is 19.8 Å². The predicted molar refractivity (Wildman–Crippen MR) is 92.5 cm³/mol. The van der Waals surface area contributed by atoms with E-state index in [1.807, 2.05) is 0 Å². The Kier molecular flexibility index (Phi) is 4.98. The molecule has 0 spiro atoms. The molecule has 0 aromatic heterocycles. The molecule has 0 unspecified atom stereocenters. The van der Waals surface area contributed by atoms with Crippen molar-refractivity contribution in [3.8, 4) is 0 Å². The number of piperazine rings is 1. The third-order valence-corrected chi connectivity index (χ3v) is 4.87. The number of rotatable bonds is 3. The van der Waals surface area contributed by atoms with Gasteiger partial charge >= 0.3 is 0 Å². The Hall–Kier alpha value is -2.48. The van der Waals surface area contributed by atoms with Crippen LogP contribution in [0.2, 0.25) is 0 Å². The number of amides is 2. The van der Waals surface area contributed by atoms with Crippen LogP contribution in [0.3, 0.4) is 0 Å². The summed E-state index contributed by atoms with van der Waals surface area (Å²) in [7, 11) is 0. The summed E-state index contributed by atoms with van der Waals surface area (Å²) in [5.74, 6) is 0.0728. The van der Waals surface area contributed by atoms with Crippen LogP contribution in [0.25, 0.3) is 0 Å². The molecule has 1 aromatic carbocycles. The summed E-state index contributed by atoms with van der Waals surface area (Å²) < 4.78 is 0. The predicted octanol–water partition coefficient (Wildman–Crippen LogP) is 1.04. The summed E-state index contributed by atoms with van der Waals surface area (Å²) in [5, 5.41) is 10.9.